The molecule has 0 spiro atoms. The van der Waals surface area contributed by atoms with Crippen LogP contribution in [0.3, 0.4) is 0 Å². The highest BCUT2D eigenvalue weighted by molar-refractivity contribution is 7.89. The summed E-state index contributed by atoms with van der Waals surface area (Å²) in [6.45, 7) is 5.97. The van der Waals surface area contributed by atoms with E-state index in [-0.39, 0.29) is 17.4 Å². The first-order valence-corrected chi connectivity index (χ1v) is 12.9. The predicted molar refractivity (Wildman–Crippen MR) is 135 cm³/mol. The Labute approximate surface area is 206 Å². The van der Waals surface area contributed by atoms with Gasteiger partial charge in [-0.05, 0) is 74.2 Å². The average Bonchev–Trinajstić information content (AvgIpc) is 2.81. The minimum Gasteiger partial charge on any atom is -0.494 e. The first-order valence-electron chi connectivity index (χ1n) is 11.0. The molecule has 3 aromatic carbocycles. The summed E-state index contributed by atoms with van der Waals surface area (Å²) < 4.78 is 34.5. The Balaban J connectivity index is 1.84. The molecule has 34 heavy (non-hydrogen) atoms. The van der Waals surface area contributed by atoms with E-state index in [9.17, 15) is 13.2 Å². The fraction of sp³-hybridized carbons (Fsp3) is 0.269. The van der Waals surface area contributed by atoms with Crippen LogP contribution in [0, 0.1) is 6.92 Å². The Kier molecular flexibility index (Phi) is 8.72. The van der Waals surface area contributed by atoms with Gasteiger partial charge in [0.25, 0.3) is 0 Å². The van der Waals surface area contributed by atoms with Crippen molar-refractivity contribution in [3.05, 3.63) is 94.5 Å². The number of benzene rings is 3. The second-order valence-corrected chi connectivity index (χ2v) is 10.2. The van der Waals surface area contributed by atoms with E-state index >= 15 is 0 Å². The summed E-state index contributed by atoms with van der Waals surface area (Å²) in [5, 5.41) is 3.52. The molecule has 0 radical (unpaired) electrons. The lowest BCUT2D eigenvalue weighted by molar-refractivity contribution is -0.123. The van der Waals surface area contributed by atoms with E-state index in [4.69, 9.17) is 16.3 Å². The van der Waals surface area contributed by atoms with Crippen molar-refractivity contribution in [3.8, 4) is 5.75 Å². The Bertz CT molecular complexity index is 1220. The summed E-state index contributed by atoms with van der Waals surface area (Å²) in [6.07, 6.45) is 0.204. The van der Waals surface area contributed by atoms with Crippen LogP contribution in [-0.2, 0) is 21.2 Å². The number of carbonyl (C=O) groups excluding carboxylic acids is 1. The molecule has 0 fully saturated rings. The number of carbonyl (C=O) groups is 1. The Hall–Kier alpha value is -2.87. The van der Waals surface area contributed by atoms with Crippen molar-refractivity contribution in [2.45, 2.75) is 44.2 Å². The molecule has 0 saturated heterocycles. The topological polar surface area (TPSA) is 84.5 Å². The van der Waals surface area contributed by atoms with E-state index in [1.165, 1.54) is 6.07 Å². The minimum atomic E-state index is -3.97. The number of hydrogen-bond donors (Lipinski definition) is 2. The van der Waals surface area contributed by atoms with Crippen molar-refractivity contribution < 1.29 is 17.9 Å². The number of amides is 1. The Morgan fingerprint density at radius 3 is 2.32 bits per heavy atom. The molecule has 0 saturated carbocycles. The van der Waals surface area contributed by atoms with Gasteiger partial charge in [-0.1, -0.05) is 54.1 Å². The summed E-state index contributed by atoms with van der Waals surface area (Å²) in [5.74, 6) is 0.203. The molecule has 8 heteroatoms. The number of ether oxygens (including phenoxy) is 1. The van der Waals surface area contributed by atoms with Crippen LogP contribution in [-0.4, -0.2) is 27.0 Å². The predicted octanol–water partition coefficient (Wildman–Crippen LogP) is 4.81. The van der Waals surface area contributed by atoms with Crippen LogP contribution in [0.15, 0.2) is 77.7 Å². The molecule has 0 unspecified atom stereocenters. The van der Waals surface area contributed by atoms with Crippen molar-refractivity contribution in [1.82, 2.24) is 10.0 Å². The van der Waals surface area contributed by atoms with Gasteiger partial charge in [-0.25, -0.2) is 8.42 Å². The molecule has 180 valence electrons. The number of rotatable bonds is 10. The molecule has 3 aromatic rings. The van der Waals surface area contributed by atoms with Gasteiger partial charge in [-0.15, -0.1) is 0 Å². The zero-order valence-corrected chi connectivity index (χ0v) is 21.0. The van der Waals surface area contributed by atoms with Crippen LogP contribution in [0.1, 0.15) is 36.6 Å². The third kappa shape index (κ3) is 6.82. The number of hydrogen-bond acceptors (Lipinski definition) is 4. The summed E-state index contributed by atoms with van der Waals surface area (Å²) in [4.78, 5) is 13.3. The van der Waals surface area contributed by atoms with Crippen LogP contribution in [0.5, 0.6) is 5.75 Å². The van der Waals surface area contributed by atoms with E-state index in [0.717, 1.165) is 11.1 Å². The van der Waals surface area contributed by atoms with Gasteiger partial charge in [-0.3, -0.25) is 4.79 Å². The largest absolute Gasteiger partial charge is 0.494 e. The van der Waals surface area contributed by atoms with E-state index < -0.39 is 22.0 Å². The molecule has 6 nitrogen and oxygen atoms in total. The maximum absolute atomic E-state index is 13.2. The average molecular weight is 501 g/mol. The molecule has 0 aliphatic rings. The molecular formula is C26H29ClN2O4S. The standard InChI is InChI=1S/C26H29ClN2O4S/c1-4-33-25-15-14-23(16-18(25)2)34(31,32)29-24(17-20-8-6-5-7-9-20)26(30)28-19(3)21-10-12-22(27)13-11-21/h5-16,19,24,29H,4,17H2,1-3H3,(H,28,30)/t19-,24-/m1/s1. The molecule has 0 aromatic heterocycles. The van der Waals surface area contributed by atoms with Gasteiger partial charge in [0.2, 0.25) is 15.9 Å². The molecule has 2 atom stereocenters. The number of halogens is 1. The zero-order chi connectivity index (χ0) is 24.7. The molecule has 0 heterocycles. The highest BCUT2D eigenvalue weighted by atomic mass is 35.5. The third-order valence-electron chi connectivity index (χ3n) is 5.38. The monoisotopic (exact) mass is 500 g/mol. The summed E-state index contributed by atoms with van der Waals surface area (Å²) >= 11 is 5.96. The van der Waals surface area contributed by atoms with Gasteiger partial charge in [-0.2, -0.15) is 4.72 Å². The van der Waals surface area contributed by atoms with Crippen LogP contribution in [0.2, 0.25) is 5.02 Å². The lowest BCUT2D eigenvalue weighted by Crippen LogP contribution is -2.48. The maximum atomic E-state index is 13.2. The first-order chi connectivity index (χ1) is 16.2. The molecule has 0 bridgehead atoms. The van der Waals surface area contributed by atoms with Gasteiger partial charge in [0.15, 0.2) is 0 Å². The summed E-state index contributed by atoms with van der Waals surface area (Å²) in [7, 11) is -3.97. The van der Waals surface area contributed by atoms with Gasteiger partial charge < -0.3 is 10.1 Å². The fourth-order valence-electron chi connectivity index (χ4n) is 3.55. The van der Waals surface area contributed by atoms with E-state index in [0.29, 0.717) is 22.9 Å². The van der Waals surface area contributed by atoms with E-state index in [1.54, 1.807) is 31.2 Å². The Morgan fingerprint density at radius 2 is 1.71 bits per heavy atom. The molecule has 2 N–H and O–H groups in total. The van der Waals surface area contributed by atoms with Gasteiger partial charge in [0.05, 0.1) is 17.5 Å². The van der Waals surface area contributed by atoms with Crippen molar-refractivity contribution in [2.24, 2.45) is 0 Å². The van der Waals surface area contributed by atoms with Crippen molar-refractivity contribution in [2.75, 3.05) is 6.61 Å². The quantitative estimate of drug-likeness (QED) is 0.418. The number of nitrogens with one attached hydrogen (secondary N) is 2. The second-order valence-electron chi connectivity index (χ2n) is 8.01. The van der Waals surface area contributed by atoms with Crippen LogP contribution in [0.4, 0.5) is 0 Å². The minimum absolute atomic E-state index is 0.0741. The first kappa shape index (κ1) is 25.7. The summed E-state index contributed by atoms with van der Waals surface area (Å²) in [5.41, 5.74) is 2.40. The van der Waals surface area contributed by atoms with Crippen molar-refractivity contribution in [3.63, 3.8) is 0 Å². The van der Waals surface area contributed by atoms with Gasteiger partial charge in [0, 0.05) is 5.02 Å². The summed E-state index contributed by atoms with van der Waals surface area (Å²) in [6, 6.07) is 19.8. The molecule has 0 aliphatic heterocycles. The number of aryl methyl sites for hydroxylation is 1. The fourth-order valence-corrected chi connectivity index (χ4v) is 4.95. The van der Waals surface area contributed by atoms with E-state index in [1.807, 2.05) is 56.3 Å². The highest BCUT2D eigenvalue weighted by Gasteiger charge is 2.27. The lowest BCUT2D eigenvalue weighted by atomic mass is 10.0. The number of sulfonamides is 1. The van der Waals surface area contributed by atoms with Crippen molar-refractivity contribution >= 4 is 27.5 Å². The molecule has 0 aliphatic carbocycles. The van der Waals surface area contributed by atoms with Gasteiger partial charge in [0.1, 0.15) is 11.8 Å². The van der Waals surface area contributed by atoms with Crippen LogP contribution < -0.4 is 14.8 Å². The highest BCUT2D eigenvalue weighted by Crippen LogP contribution is 2.22. The normalized spacial score (nSPS) is 13.2. The maximum Gasteiger partial charge on any atom is 0.241 e. The zero-order valence-electron chi connectivity index (χ0n) is 19.4. The molecule has 1 amide bonds. The third-order valence-corrected chi connectivity index (χ3v) is 7.10. The van der Waals surface area contributed by atoms with Crippen LogP contribution in [0.25, 0.3) is 0 Å². The molecule has 3 rings (SSSR count). The van der Waals surface area contributed by atoms with Crippen molar-refractivity contribution in [1.29, 1.82) is 0 Å². The lowest BCUT2D eigenvalue weighted by Gasteiger charge is -2.22. The van der Waals surface area contributed by atoms with Crippen LogP contribution >= 0.6 is 11.6 Å². The smallest absolute Gasteiger partial charge is 0.241 e. The van der Waals surface area contributed by atoms with E-state index in [2.05, 4.69) is 10.0 Å². The second kappa shape index (κ2) is 11.5. The molecular weight excluding hydrogens is 472 g/mol. The SMILES string of the molecule is CCOc1ccc(S(=O)(=O)N[C@H](Cc2ccccc2)C(=O)N[C@H](C)c2ccc(Cl)cc2)cc1C. The van der Waals surface area contributed by atoms with Gasteiger partial charge >= 0.3 is 0 Å². The Morgan fingerprint density at radius 1 is 1.03 bits per heavy atom.